The topological polar surface area (TPSA) is 95.4 Å². The summed E-state index contributed by atoms with van der Waals surface area (Å²) in [7, 11) is -2.67. The highest BCUT2D eigenvalue weighted by molar-refractivity contribution is 7.81. The summed E-state index contributed by atoms with van der Waals surface area (Å²) >= 11 is 3.93. The average Bonchev–Trinajstić information content (AvgIpc) is 2.00. The number of nitrogens with two attached hydrogens (primary N) is 2. The lowest BCUT2D eigenvalue weighted by molar-refractivity contribution is 0.0647. The fraction of sp³-hybridized carbons (Fsp3) is 1.00. The van der Waals surface area contributed by atoms with E-state index in [2.05, 4.69) is 17.5 Å². The Hall–Kier alpha value is 0.130. The van der Waals surface area contributed by atoms with Gasteiger partial charge >= 0.3 is 7.68 Å². The lowest BCUT2D eigenvalue weighted by Crippen LogP contribution is -2.37. The third-order valence-electron chi connectivity index (χ3n) is 1.29. The standard InChI is InChI=1S/C4H11N2O3PS/c1-2(9-6)3(11)4(5)10(7)8/h2-4,11H,5-6H2,1H3/t2-,3?,4?/m0/s1. The van der Waals surface area contributed by atoms with E-state index in [1.54, 1.807) is 6.92 Å². The summed E-state index contributed by atoms with van der Waals surface area (Å²) in [5.74, 6) is 3.79. The Morgan fingerprint density at radius 1 is 1.55 bits per heavy atom. The van der Waals surface area contributed by atoms with Gasteiger partial charge in [-0.05, 0) is 6.92 Å². The molecule has 0 heterocycles. The van der Waals surface area contributed by atoms with Gasteiger partial charge in [-0.3, -0.25) is 0 Å². The van der Waals surface area contributed by atoms with Gasteiger partial charge in [0, 0.05) is 0 Å². The fourth-order valence-corrected chi connectivity index (χ4v) is 1.37. The summed E-state index contributed by atoms with van der Waals surface area (Å²) in [5, 5.41) is -0.596. The molecule has 0 bridgehead atoms. The van der Waals surface area contributed by atoms with E-state index in [1.165, 1.54) is 0 Å². The minimum Gasteiger partial charge on any atom is -0.315 e. The molecule has 0 saturated carbocycles. The van der Waals surface area contributed by atoms with E-state index in [9.17, 15) is 9.13 Å². The van der Waals surface area contributed by atoms with Crippen molar-refractivity contribution in [3.05, 3.63) is 0 Å². The van der Waals surface area contributed by atoms with Gasteiger partial charge in [0.25, 0.3) is 0 Å². The maximum absolute atomic E-state index is 10.3. The van der Waals surface area contributed by atoms with Crippen molar-refractivity contribution < 1.29 is 14.0 Å². The summed E-state index contributed by atoms with van der Waals surface area (Å²) in [6.07, 6.45) is -0.485. The zero-order valence-corrected chi connectivity index (χ0v) is 7.79. The molecule has 7 heteroatoms. The van der Waals surface area contributed by atoms with Crippen LogP contribution in [0.4, 0.5) is 0 Å². The van der Waals surface area contributed by atoms with Gasteiger partial charge in [0.1, 0.15) is 5.78 Å². The molecule has 3 atom stereocenters. The van der Waals surface area contributed by atoms with Crippen molar-refractivity contribution in [3.8, 4) is 0 Å². The van der Waals surface area contributed by atoms with Crippen LogP contribution in [0.3, 0.4) is 0 Å². The third-order valence-corrected chi connectivity index (χ3v) is 3.07. The molecule has 0 aromatic heterocycles. The van der Waals surface area contributed by atoms with Gasteiger partial charge in [-0.2, -0.15) is 12.6 Å². The predicted molar refractivity (Wildman–Crippen MR) is 43.8 cm³/mol. The molecular weight excluding hydrogens is 187 g/mol. The second-order valence-electron chi connectivity index (χ2n) is 2.11. The summed E-state index contributed by atoms with van der Waals surface area (Å²) < 4.78 is 20.7. The van der Waals surface area contributed by atoms with Gasteiger partial charge < -0.3 is 10.6 Å². The van der Waals surface area contributed by atoms with Crippen molar-refractivity contribution in [1.82, 2.24) is 0 Å². The van der Waals surface area contributed by atoms with Crippen molar-refractivity contribution in [2.45, 2.75) is 24.1 Å². The van der Waals surface area contributed by atoms with Crippen LogP contribution in [0.15, 0.2) is 0 Å². The van der Waals surface area contributed by atoms with Crippen LogP contribution in [0.1, 0.15) is 6.92 Å². The molecule has 0 radical (unpaired) electrons. The van der Waals surface area contributed by atoms with Gasteiger partial charge in [0.2, 0.25) is 0 Å². The zero-order chi connectivity index (χ0) is 9.02. The maximum Gasteiger partial charge on any atom is 0.334 e. The molecule has 5 nitrogen and oxygen atoms in total. The first-order valence-electron chi connectivity index (χ1n) is 2.93. The van der Waals surface area contributed by atoms with Crippen LogP contribution < -0.4 is 11.6 Å². The van der Waals surface area contributed by atoms with Crippen molar-refractivity contribution in [2.75, 3.05) is 0 Å². The first kappa shape index (κ1) is 11.1. The molecule has 0 amide bonds. The zero-order valence-electron chi connectivity index (χ0n) is 6.01. The van der Waals surface area contributed by atoms with E-state index in [0.717, 1.165) is 0 Å². The van der Waals surface area contributed by atoms with Gasteiger partial charge in [0.05, 0.1) is 11.4 Å². The van der Waals surface area contributed by atoms with Crippen molar-refractivity contribution in [3.63, 3.8) is 0 Å². The van der Waals surface area contributed by atoms with E-state index in [0.29, 0.717) is 0 Å². The van der Waals surface area contributed by atoms with E-state index in [-0.39, 0.29) is 0 Å². The van der Waals surface area contributed by atoms with Gasteiger partial charge in [0.15, 0.2) is 0 Å². The normalized spacial score (nSPS) is 18.9. The molecule has 0 aliphatic heterocycles. The van der Waals surface area contributed by atoms with Crippen LogP contribution in [-0.4, -0.2) is 17.1 Å². The highest BCUT2D eigenvalue weighted by Crippen LogP contribution is 2.20. The Labute approximate surface area is 70.6 Å². The predicted octanol–water partition coefficient (Wildman–Crippen LogP) is 0.0213. The van der Waals surface area contributed by atoms with E-state index in [1.807, 2.05) is 0 Å². The van der Waals surface area contributed by atoms with Gasteiger partial charge in [-0.25, -0.2) is 15.0 Å². The molecule has 0 aromatic carbocycles. The molecule has 2 unspecified atom stereocenters. The average molecular weight is 198 g/mol. The Bertz CT molecular complexity index is 178. The van der Waals surface area contributed by atoms with Crippen LogP contribution >= 0.6 is 20.3 Å². The number of hydrogen-bond acceptors (Lipinski definition) is 6. The summed E-state index contributed by atoms with van der Waals surface area (Å²) in [6.45, 7) is 1.59. The molecule has 66 valence electrons. The van der Waals surface area contributed by atoms with Gasteiger partial charge in [-0.15, -0.1) is 0 Å². The van der Waals surface area contributed by atoms with Crippen LogP contribution in [0.5, 0.6) is 0 Å². The maximum atomic E-state index is 10.3. The number of hydrogen-bond donors (Lipinski definition) is 3. The molecule has 11 heavy (non-hydrogen) atoms. The van der Waals surface area contributed by atoms with E-state index < -0.39 is 24.8 Å². The molecule has 0 fully saturated rings. The summed E-state index contributed by atoms with van der Waals surface area (Å²) in [6, 6.07) is 0. The molecule has 0 aliphatic rings. The lowest BCUT2D eigenvalue weighted by atomic mass is 10.3. The minimum atomic E-state index is -2.67. The molecular formula is C4H11N2O3PS. The summed E-state index contributed by atoms with van der Waals surface area (Å²) in [5.41, 5.74) is 5.23. The highest BCUT2D eigenvalue weighted by atomic mass is 32.1. The Kier molecular flexibility index (Phi) is 4.96. The van der Waals surface area contributed by atoms with Crippen LogP contribution in [-0.2, 0) is 14.0 Å². The Morgan fingerprint density at radius 3 is 2.27 bits per heavy atom. The quantitative estimate of drug-likeness (QED) is 0.336. The first-order chi connectivity index (χ1) is 5.00. The van der Waals surface area contributed by atoms with Crippen molar-refractivity contribution in [1.29, 1.82) is 0 Å². The monoisotopic (exact) mass is 198 g/mol. The smallest absolute Gasteiger partial charge is 0.315 e. The first-order valence-corrected chi connectivity index (χ1v) is 4.69. The summed E-state index contributed by atoms with van der Waals surface area (Å²) in [4.78, 5) is 4.36. The van der Waals surface area contributed by atoms with Crippen LogP contribution in [0, 0.1) is 0 Å². The SMILES string of the molecule is C[C@H](ON)C(S)C(N)P(=O)=O. The van der Waals surface area contributed by atoms with Crippen molar-refractivity contribution in [2.24, 2.45) is 11.6 Å². The molecule has 4 N–H and O–H groups in total. The van der Waals surface area contributed by atoms with E-state index >= 15 is 0 Å². The van der Waals surface area contributed by atoms with Crippen LogP contribution in [0.2, 0.25) is 0 Å². The lowest BCUT2D eigenvalue weighted by Gasteiger charge is -2.17. The minimum absolute atomic E-state index is 0.485. The second-order valence-corrected chi connectivity index (χ2v) is 3.87. The highest BCUT2D eigenvalue weighted by Gasteiger charge is 2.24. The van der Waals surface area contributed by atoms with Crippen LogP contribution in [0.25, 0.3) is 0 Å². The number of thiol groups is 1. The fourth-order valence-electron chi connectivity index (χ4n) is 0.483. The Balaban J connectivity index is 4.11. The molecule has 0 spiro atoms. The largest absolute Gasteiger partial charge is 0.334 e. The Morgan fingerprint density at radius 2 is 2.00 bits per heavy atom. The molecule has 0 aliphatic carbocycles. The second kappa shape index (κ2) is 4.90. The third kappa shape index (κ3) is 3.35. The van der Waals surface area contributed by atoms with Crippen molar-refractivity contribution >= 4 is 20.3 Å². The molecule has 0 rings (SSSR count). The van der Waals surface area contributed by atoms with Gasteiger partial charge in [-0.1, -0.05) is 0 Å². The molecule has 0 aromatic rings. The van der Waals surface area contributed by atoms with E-state index in [4.69, 9.17) is 11.6 Å². The molecule has 0 saturated heterocycles. The number of rotatable bonds is 4.